The van der Waals surface area contributed by atoms with Crippen LogP contribution in [0.25, 0.3) is 0 Å². The fourth-order valence-electron chi connectivity index (χ4n) is 1.33. The number of halogens is 1. The molecule has 0 saturated carbocycles. The largest absolute Gasteiger partial charge is 0.324 e. The molecule has 2 rings (SSSR count). The zero-order valence-electron chi connectivity index (χ0n) is 10.5. The van der Waals surface area contributed by atoms with Gasteiger partial charge in [0.05, 0.1) is 11.4 Å². The van der Waals surface area contributed by atoms with Crippen molar-refractivity contribution in [1.29, 1.82) is 0 Å². The summed E-state index contributed by atoms with van der Waals surface area (Å²) >= 11 is 4.47. The summed E-state index contributed by atoms with van der Waals surface area (Å²) < 4.78 is 0.807. The molecule has 0 atom stereocenters. The highest BCUT2D eigenvalue weighted by atomic mass is 79.9. The van der Waals surface area contributed by atoms with Gasteiger partial charge in [-0.05, 0) is 35.0 Å². The molecule has 0 saturated heterocycles. The second kappa shape index (κ2) is 6.67. The molecule has 0 aliphatic heterocycles. The van der Waals surface area contributed by atoms with Crippen molar-refractivity contribution in [2.75, 3.05) is 11.1 Å². The first-order valence-corrected chi connectivity index (χ1v) is 7.45. The molecule has 0 aliphatic rings. The number of rotatable bonds is 4. The van der Waals surface area contributed by atoms with E-state index in [1.807, 2.05) is 18.2 Å². The van der Waals surface area contributed by atoms with Crippen LogP contribution in [0.4, 0.5) is 5.69 Å². The smallest absolute Gasteiger partial charge is 0.273 e. The zero-order valence-corrected chi connectivity index (χ0v) is 12.9. The molecular formula is C12H11BrN4O2S. The lowest BCUT2D eigenvalue weighted by Gasteiger charge is -2.06. The Morgan fingerprint density at radius 2 is 2.15 bits per heavy atom. The summed E-state index contributed by atoms with van der Waals surface area (Å²) in [5, 5.41) is 10.6. The number of benzene rings is 1. The van der Waals surface area contributed by atoms with Crippen molar-refractivity contribution in [2.45, 2.75) is 12.1 Å². The molecule has 0 fully saturated rings. The highest BCUT2D eigenvalue weighted by Crippen LogP contribution is 2.21. The molecule has 6 nitrogen and oxygen atoms in total. The Morgan fingerprint density at radius 1 is 1.40 bits per heavy atom. The van der Waals surface area contributed by atoms with Crippen LogP contribution in [0.3, 0.4) is 0 Å². The second-order valence-electron chi connectivity index (χ2n) is 3.86. The quantitative estimate of drug-likeness (QED) is 0.819. The van der Waals surface area contributed by atoms with Crippen LogP contribution in [0, 0.1) is 6.92 Å². The Kier molecular flexibility index (Phi) is 4.91. The van der Waals surface area contributed by atoms with Crippen LogP contribution >= 0.6 is 27.7 Å². The van der Waals surface area contributed by atoms with E-state index in [9.17, 15) is 9.59 Å². The fourth-order valence-corrected chi connectivity index (χ4v) is 2.31. The second-order valence-corrected chi connectivity index (χ2v) is 5.68. The highest BCUT2D eigenvalue weighted by Gasteiger charge is 2.08. The predicted octanol–water partition coefficient (Wildman–Crippen LogP) is 1.97. The molecule has 2 N–H and O–H groups in total. The van der Waals surface area contributed by atoms with Gasteiger partial charge in [0.2, 0.25) is 5.91 Å². The van der Waals surface area contributed by atoms with Gasteiger partial charge >= 0.3 is 0 Å². The van der Waals surface area contributed by atoms with Gasteiger partial charge < -0.3 is 5.32 Å². The summed E-state index contributed by atoms with van der Waals surface area (Å²) in [5.41, 5.74) is 0.697. The number of aromatic amines is 1. The van der Waals surface area contributed by atoms with Crippen molar-refractivity contribution in [3.8, 4) is 0 Å². The molecule has 2 aromatic rings. The first kappa shape index (κ1) is 14.7. The molecule has 8 heteroatoms. The lowest BCUT2D eigenvalue weighted by atomic mass is 10.3. The monoisotopic (exact) mass is 354 g/mol. The van der Waals surface area contributed by atoms with E-state index < -0.39 is 0 Å². The summed E-state index contributed by atoms with van der Waals surface area (Å²) in [7, 11) is 0. The minimum absolute atomic E-state index is 0.134. The third-order valence-electron chi connectivity index (χ3n) is 2.33. The first-order chi connectivity index (χ1) is 9.56. The van der Waals surface area contributed by atoms with Crippen LogP contribution in [-0.4, -0.2) is 26.8 Å². The van der Waals surface area contributed by atoms with Crippen LogP contribution in [-0.2, 0) is 4.79 Å². The van der Waals surface area contributed by atoms with Gasteiger partial charge in [-0.3, -0.25) is 14.6 Å². The Hall–Kier alpha value is -1.67. The highest BCUT2D eigenvalue weighted by molar-refractivity contribution is 9.10. The number of thioether (sulfide) groups is 1. The lowest BCUT2D eigenvalue weighted by Crippen LogP contribution is -2.17. The summed E-state index contributed by atoms with van der Waals surface area (Å²) in [6.45, 7) is 1.57. The number of para-hydroxylation sites is 1. The number of aromatic nitrogens is 3. The molecule has 1 aromatic carbocycles. The summed E-state index contributed by atoms with van der Waals surface area (Å²) in [5.74, 6) is -0.0558. The molecule has 0 aliphatic carbocycles. The Morgan fingerprint density at radius 3 is 2.85 bits per heavy atom. The van der Waals surface area contributed by atoms with E-state index in [1.165, 1.54) is 0 Å². The molecule has 0 radical (unpaired) electrons. The van der Waals surface area contributed by atoms with Crippen molar-refractivity contribution in [1.82, 2.24) is 15.2 Å². The number of H-pyrrole nitrogens is 1. The van der Waals surface area contributed by atoms with Gasteiger partial charge in [0, 0.05) is 4.47 Å². The van der Waals surface area contributed by atoms with Crippen LogP contribution in [0.15, 0.2) is 38.7 Å². The van der Waals surface area contributed by atoms with Gasteiger partial charge in [0.15, 0.2) is 5.16 Å². The zero-order chi connectivity index (χ0) is 14.5. The molecule has 1 aromatic heterocycles. The van der Waals surface area contributed by atoms with Crippen molar-refractivity contribution in [2.24, 2.45) is 0 Å². The normalized spacial score (nSPS) is 10.3. The lowest BCUT2D eigenvalue weighted by molar-refractivity contribution is -0.113. The third kappa shape index (κ3) is 3.91. The van der Waals surface area contributed by atoms with E-state index in [2.05, 4.69) is 36.4 Å². The first-order valence-electron chi connectivity index (χ1n) is 5.67. The number of hydrogen-bond donors (Lipinski definition) is 2. The standard InChI is InChI=1S/C12H11BrN4O2S/c1-7-11(19)15-12(17-16-7)20-6-10(18)14-9-5-3-2-4-8(9)13/h2-5H,6H2,1H3,(H,14,18)(H,15,17,19). The van der Waals surface area contributed by atoms with E-state index in [1.54, 1.807) is 13.0 Å². The average Bonchev–Trinajstić information content (AvgIpc) is 2.43. The number of aryl methyl sites for hydroxylation is 1. The Bertz CT molecular complexity index is 689. The topological polar surface area (TPSA) is 87.7 Å². The van der Waals surface area contributed by atoms with E-state index in [4.69, 9.17) is 0 Å². The van der Waals surface area contributed by atoms with Gasteiger partial charge in [-0.1, -0.05) is 23.9 Å². The van der Waals surface area contributed by atoms with E-state index in [-0.39, 0.29) is 17.2 Å². The van der Waals surface area contributed by atoms with Gasteiger partial charge in [-0.25, -0.2) is 0 Å². The molecule has 104 valence electrons. The van der Waals surface area contributed by atoms with Crippen LogP contribution in [0.5, 0.6) is 0 Å². The molecular weight excluding hydrogens is 344 g/mol. The molecule has 1 amide bonds. The number of nitrogens with zero attached hydrogens (tertiary/aromatic N) is 2. The van der Waals surface area contributed by atoms with Crippen LogP contribution in [0.1, 0.15) is 5.69 Å². The van der Waals surface area contributed by atoms with Gasteiger partial charge in [0.25, 0.3) is 5.56 Å². The number of amides is 1. The Labute approximate surface area is 127 Å². The summed E-state index contributed by atoms with van der Waals surface area (Å²) in [6.07, 6.45) is 0. The van der Waals surface area contributed by atoms with Crippen molar-refractivity contribution < 1.29 is 4.79 Å². The van der Waals surface area contributed by atoms with E-state index in [0.29, 0.717) is 16.5 Å². The third-order valence-corrected chi connectivity index (χ3v) is 3.88. The molecule has 1 heterocycles. The maximum Gasteiger partial charge on any atom is 0.273 e. The predicted molar refractivity (Wildman–Crippen MR) is 80.9 cm³/mol. The molecule has 0 unspecified atom stereocenters. The van der Waals surface area contributed by atoms with Crippen molar-refractivity contribution >= 4 is 39.3 Å². The summed E-state index contributed by atoms with van der Waals surface area (Å²) in [4.78, 5) is 25.7. The van der Waals surface area contributed by atoms with Gasteiger partial charge in [-0.2, -0.15) is 0 Å². The average molecular weight is 355 g/mol. The van der Waals surface area contributed by atoms with Crippen LogP contribution in [0.2, 0.25) is 0 Å². The molecule has 20 heavy (non-hydrogen) atoms. The maximum atomic E-state index is 11.8. The number of nitrogens with one attached hydrogen (secondary N) is 2. The summed E-state index contributed by atoms with van der Waals surface area (Å²) in [6, 6.07) is 7.32. The SMILES string of the molecule is Cc1nnc(SCC(=O)Nc2ccccc2Br)[nH]c1=O. The van der Waals surface area contributed by atoms with Crippen LogP contribution < -0.4 is 10.9 Å². The van der Waals surface area contributed by atoms with E-state index >= 15 is 0 Å². The molecule has 0 bridgehead atoms. The minimum atomic E-state index is -0.297. The van der Waals surface area contributed by atoms with Crippen molar-refractivity contribution in [3.05, 3.63) is 44.8 Å². The maximum absolute atomic E-state index is 11.8. The van der Waals surface area contributed by atoms with Crippen molar-refractivity contribution in [3.63, 3.8) is 0 Å². The Balaban J connectivity index is 1.94. The number of anilines is 1. The van der Waals surface area contributed by atoms with E-state index in [0.717, 1.165) is 16.2 Å². The molecule has 0 spiro atoms. The van der Waals surface area contributed by atoms with Gasteiger partial charge in [0.1, 0.15) is 5.69 Å². The fraction of sp³-hybridized carbons (Fsp3) is 0.167. The van der Waals surface area contributed by atoms with Gasteiger partial charge in [-0.15, -0.1) is 10.2 Å². The minimum Gasteiger partial charge on any atom is -0.324 e. The number of carbonyl (C=O) groups excluding carboxylic acids is 1. The number of hydrogen-bond acceptors (Lipinski definition) is 5. The number of carbonyl (C=O) groups is 1.